The van der Waals surface area contributed by atoms with Crippen LogP contribution >= 0.6 is 0 Å². The highest BCUT2D eigenvalue weighted by Gasteiger charge is 2.41. The summed E-state index contributed by atoms with van der Waals surface area (Å²) in [5, 5.41) is 0. The monoisotopic (exact) mass is 396 g/mol. The molecule has 2 amide bonds. The Labute approximate surface area is 171 Å². The second-order valence-electron chi connectivity index (χ2n) is 7.85. The van der Waals surface area contributed by atoms with Crippen LogP contribution in [0.15, 0.2) is 42.7 Å². The third kappa shape index (κ3) is 4.19. The number of aryl methyl sites for hydroxylation is 1. The summed E-state index contributed by atoms with van der Waals surface area (Å²) < 4.78 is 8.00. The lowest BCUT2D eigenvalue weighted by molar-refractivity contribution is -0.141. The van der Waals surface area contributed by atoms with E-state index in [9.17, 15) is 9.59 Å². The summed E-state index contributed by atoms with van der Waals surface area (Å²) >= 11 is 0. The number of hydrogen-bond acceptors (Lipinski definition) is 4. The smallest absolute Gasteiger partial charge is 0.253 e. The molecule has 1 aromatic carbocycles. The van der Waals surface area contributed by atoms with Crippen molar-refractivity contribution < 1.29 is 14.3 Å². The van der Waals surface area contributed by atoms with Crippen molar-refractivity contribution in [2.24, 2.45) is 0 Å². The summed E-state index contributed by atoms with van der Waals surface area (Å²) in [7, 11) is 0. The van der Waals surface area contributed by atoms with Crippen LogP contribution in [-0.4, -0.2) is 58.1 Å². The van der Waals surface area contributed by atoms with E-state index >= 15 is 0 Å². The lowest BCUT2D eigenvalue weighted by atomic mass is 9.92. The predicted octanol–water partition coefficient (Wildman–Crippen LogP) is 2.26. The Morgan fingerprint density at radius 2 is 2.03 bits per heavy atom. The van der Waals surface area contributed by atoms with Gasteiger partial charge in [-0.1, -0.05) is 25.1 Å². The molecule has 29 heavy (non-hydrogen) atoms. The number of carbonyl (C=O) groups excluding carboxylic acids is 2. The number of benzene rings is 1. The van der Waals surface area contributed by atoms with Gasteiger partial charge < -0.3 is 19.1 Å². The molecule has 0 radical (unpaired) electrons. The summed E-state index contributed by atoms with van der Waals surface area (Å²) in [6, 6.07) is 9.75. The molecule has 3 heterocycles. The Morgan fingerprint density at radius 3 is 2.83 bits per heavy atom. The van der Waals surface area contributed by atoms with E-state index in [4.69, 9.17) is 4.74 Å². The number of imidazole rings is 1. The summed E-state index contributed by atoms with van der Waals surface area (Å²) in [4.78, 5) is 33.4. The van der Waals surface area contributed by atoms with Crippen molar-refractivity contribution in [3.8, 4) is 0 Å². The molecule has 7 heteroatoms. The van der Waals surface area contributed by atoms with E-state index in [1.807, 2.05) is 57.8 Å². The molecule has 1 unspecified atom stereocenters. The van der Waals surface area contributed by atoms with E-state index in [1.165, 1.54) is 0 Å². The molecule has 2 aliphatic rings. The molecule has 154 valence electrons. The van der Waals surface area contributed by atoms with Gasteiger partial charge in [0.1, 0.15) is 19.0 Å². The van der Waals surface area contributed by atoms with Gasteiger partial charge in [0.15, 0.2) is 0 Å². The van der Waals surface area contributed by atoms with Gasteiger partial charge in [0, 0.05) is 37.6 Å². The predicted molar refractivity (Wildman–Crippen MR) is 110 cm³/mol. The number of aromatic nitrogens is 2. The van der Waals surface area contributed by atoms with Crippen molar-refractivity contribution in [3.05, 3.63) is 48.5 Å². The standard InChI is InChI=1S/C22H28N4O3/c1-2-19-23-11-14-25(19)15-20(27)24-12-6-9-22(10-13-24)17-26(21(28)16-29-22)18-7-4-3-5-8-18/h3-5,7-8,11,14H,2,6,9-10,12-13,15-17H2,1H3. The lowest BCUT2D eigenvalue weighted by Gasteiger charge is -2.42. The molecule has 2 aliphatic heterocycles. The summed E-state index contributed by atoms with van der Waals surface area (Å²) in [5.74, 6) is 1.03. The van der Waals surface area contributed by atoms with Gasteiger partial charge in [-0.3, -0.25) is 9.59 Å². The minimum absolute atomic E-state index is 0.00814. The third-order valence-corrected chi connectivity index (χ3v) is 5.99. The molecule has 0 bridgehead atoms. The number of anilines is 1. The molecule has 2 aromatic rings. The topological polar surface area (TPSA) is 67.7 Å². The second kappa shape index (κ2) is 8.37. The van der Waals surface area contributed by atoms with E-state index in [2.05, 4.69) is 4.98 Å². The molecule has 1 spiro atoms. The molecular weight excluding hydrogens is 368 g/mol. The van der Waals surface area contributed by atoms with E-state index in [-0.39, 0.29) is 24.0 Å². The SMILES string of the molecule is CCc1nccn1CC(=O)N1CCCC2(CC1)CN(c1ccccc1)C(=O)CO2. The Morgan fingerprint density at radius 1 is 1.21 bits per heavy atom. The van der Waals surface area contributed by atoms with Gasteiger partial charge in [0.25, 0.3) is 5.91 Å². The van der Waals surface area contributed by atoms with Crippen molar-refractivity contribution in [1.29, 1.82) is 0 Å². The summed E-state index contributed by atoms with van der Waals surface area (Å²) in [6.45, 7) is 4.37. The van der Waals surface area contributed by atoms with Crippen molar-refractivity contribution in [2.75, 3.05) is 31.1 Å². The maximum atomic E-state index is 12.9. The Balaban J connectivity index is 1.42. The normalized spacial score (nSPS) is 22.7. The molecule has 7 nitrogen and oxygen atoms in total. The third-order valence-electron chi connectivity index (χ3n) is 5.99. The zero-order valence-electron chi connectivity index (χ0n) is 16.9. The number of para-hydroxylation sites is 1. The van der Waals surface area contributed by atoms with Crippen molar-refractivity contribution in [1.82, 2.24) is 14.5 Å². The fourth-order valence-electron chi connectivity index (χ4n) is 4.32. The molecule has 0 saturated carbocycles. The first kappa shape index (κ1) is 19.6. The van der Waals surface area contributed by atoms with Crippen molar-refractivity contribution in [2.45, 2.75) is 44.8 Å². The van der Waals surface area contributed by atoms with E-state index in [0.29, 0.717) is 19.6 Å². The van der Waals surface area contributed by atoms with Crippen LogP contribution in [0.1, 0.15) is 32.0 Å². The molecule has 4 rings (SSSR count). The van der Waals surface area contributed by atoms with Crippen LogP contribution < -0.4 is 4.90 Å². The van der Waals surface area contributed by atoms with Gasteiger partial charge >= 0.3 is 0 Å². The zero-order valence-corrected chi connectivity index (χ0v) is 16.9. The maximum absolute atomic E-state index is 12.9. The lowest BCUT2D eigenvalue weighted by Crippen LogP contribution is -2.55. The molecule has 0 N–H and O–H groups in total. The molecule has 1 aromatic heterocycles. The van der Waals surface area contributed by atoms with Crippen LogP contribution in [0.3, 0.4) is 0 Å². The van der Waals surface area contributed by atoms with E-state index in [0.717, 1.165) is 43.7 Å². The minimum Gasteiger partial charge on any atom is -0.363 e. The number of hydrogen-bond donors (Lipinski definition) is 0. The van der Waals surface area contributed by atoms with Crippen LogP contribution in [0.25, 0.3) is 0 Å². The van der Waals surface area contributed by atoms with Gasteiger partial charge in [-0.15, -0.1) is 0 Å². The van der Waals surface area contributed by atoms with Crippen LogP contribution in [-0.2, 0) is 27.3 Å². The number of nitrogens with zero attached hydrogens (tertiary/aromatic N) is 4. The summed E-state index contributed by atoms with van der Waals surface area (Å²) in [6.07, 6.45) is 6.87. The number of likely N-dealkylation sites (tertiary alicyclic amines) is 1. The fourth-order valence-corrected chi connectivity index (χ4v) is 4.32. The average Bonchev–Trinajstić information content (AvgIpc) is 3.09. The Bertz CT molecular complexity index is 866. The number of amides is 2. The summed E-state index contributed by atoms with van der Waals surface area (Å²) in [5.41, 5.74) is 0.520. The molecule has 1 atom stereocenters. The van der Waals surface area contributed by atoms with Crippen LogP contribution in [0.2, 0.25) is 0 Å². The first-order chi connectivity index (χ1) is 14.1. The molecule has 2 saturated heterocycles. The highest BCUT2D eigenvalue weighted by Crippen LogP contribution is 2.32. The number of rotatable bonds is 4. The van der Waals surface area contributed by atoms with Crippen molar-refractivity contribution in [3.63, 3.8) is 0 Å². The molecule has 0 aliphatic carbocycles. The molecule has 2 fully saturated rings. The van der Waals surface area contributed by atoms with Crippen LogP contribution in [0, 0.1) is 0 Å². The molecular formula is C22H28N4O3. The largest absolute Gasteiger partial charge is 0.363 e. The van der Waals surface area contributed by atoms with Crippen LogP contribution in [0.5, 0.6) is 0 Å². The Kier molecular flexibility index (Phi) is 5.67. The Hall–Kier alpha value is -2.67. The van der Waals surface area contributed by atoms with Gasteiger partial charge in [0.2, 0.25) is 5.91 Å². The first-order valence-electron chi connectivity index (χ1n) is 10.4. The zero-order chi connectivity index (χ0) is 20.3. The number of ether oxygens (including phenoxy) is 1. The van der Waals surface area contributed by atoms with Crippen molar-refractivity contribution >= 4 is 17.5 Å². The van der Waals surface area contributed by atoms with Gasteiger partial charge in [-0.2, -0.15) is 0 Å². The van der Waals surface area contributed by atoms with Gasteiger partial charge in [0.05, 0.1) is 12.1 Å². The first-order valence-corrected chi connectivity index (χ1v) is 10.4. The average molecular weight is 396 g/mol. The number of morpholine rings is 1. The van der Waals surface area contributed by atoms with Gasteiger partial charge in [-0.05, 0) is 31.4 Å². The van der Waals surface area contributed by atoms with E-state index in [1.54, 1.807) is 6.20 Å². The second-order valence-corrected chi connectivity index (χ2v) is 7.85. The maximum Gasteiger partial charge on any atom is 0.253 e. The van der Waals surface area contributed by atoms with E-state index < -0.39 is 0 Å². The fraction of sp³-hybridized carbons (Fsp3) is 0.500. The highest BCUT2D eigenvalue weighted by molar-refractivity contribution is 5.95. The van der Waals surface area contributed by atoms with Gasteiger partial charge in [-0.25, -0.2) is 4.98 Å². The minimum atomic E-state index is -0.387. The quantitative estimate of drug-likeness (QED) is 0.795. The van der Waals surface area contributed by atoms with Crippen LogP contribution in [0.4, 0.5) is 5.69 Å². The number of carbonyl (C=O) groups is 2. The highest BCUT2D eigenvalue weighted by atomic mass is 16.5.